The number of hydrogen-bond donors (Lipinski definition) is 2. The van der Waals surface area contributed by atoms with Crippen molar-refractivity contribution in [2.75, 3.05) is 29.9 Å². The van der Waals surface area contributed by atoms with Crippen molar-refractivity contribution in [1.29, 1.82) is 0 Å². The summed E-state index contributed by atoms with van der Waals surface area (Å²) in [5.74, 6) is 0.956. The number of para-hydroxylation sites is 1. The Balaban J connectivity index is 1.84. The van der Waals surface area contributed by atoms with Crippen LogP contribution in [0.5, 0.6) is 5.75 Å². The topological polar surface area (TPSA) is 36.5 Å². The molecule has 4 nitrogen and oxygen atoms in total. The van der Waals surface area contributed by atoms with E-state index in [1.807, 2.05) is 6.07 Å². The average molecular weight is 386 g/mol. The molecule has 0 bridgehead atoms. The lowest BCUT2D eigenvalue weighted by molar-refractivity contribution is 0.283. The number of nitrogens with zero attached hydrogens (tertiary/aromatic N) is 1. The van der Waals surface area contributed by atoms with Gasteiger partial charge in [-0.1, -0.05) is 18.2 Å². The summed E-state index contributed by atoms with van der Waals surface area (Å²) >= 11 is 5.44. The van der Waals surface area contributed by atoms with Crippen molar-refractivity contribution in [3.63, 3.8) is 0 Å². The number of hydrogen-bond acceptors (Lipinski definition) is 3. The highest BCUT2D eigenvalue weighted by molar-refractivity contribution is 7.80. The number of benzene rings is 2. The van der Waals surface area contributed by atoms with Gasteiger partial charge >= 0.3 is 0 Å². The lowest BCUT2D eigenvalue weighted by Gasteiger charge is -2.22. The van der Waals surface area contributed by atoms with Gasteiger partial charge in [-0.15, -0.1) is 0 Å². The highest BCUT2D eigenvalue weighted by Crippen LogP contribution is 2.22. The standard InChI is InChI=1S/C22H31N3OS/c1-6-25(7-2)20-13-11-19(12-14-20)24-22(27)23-18(5)15-26-21-16(3)9-8-10-17(21)4/h8-14,18H,6-7,15H2,1-5H3,(H2,23,24,27). The molecule has 0 heterocycles. The molecule has 0 radical (unpaired) electrons. The van der Waals surface area contributed by atoms with E-state index in [0.29, 0.717) is 11.7 Å². The number of thiocarbonyl (C=S) groups is 1. The van der Waals surface area contributed by atoms with Crippen LogP contribution in [0.2, 0.25) is 0 Å². The lowest BCUT2D eigenvalue weighted by atomic mass is 10.1. The van der Waals surface area contributed by atoms with Gasteiger partial charge in [0.15, 0.2) is 5.11 Å². The van der Waals surface area contributed by atoms with Gasteiger partial charge in [-0.25, -0.2) is 0 Å². The molecule has 0 aliphatic heterocycles. The molecule has 27 heavy (non-hydrogen) atoms. The first-order chi connectivity index (χ1) is 12.9. The molecule has 0 saturated heterocycles. The number of ether oxygens (including phenoxy) is 1. The van der Waals surface area contributed by atoms with Crippen molar-refractivity contribution in [1.82, 2.24) is 5.32 Å². The van der Waals surface area contributed by atoms with Crippen molar-refractivity contribution in [3.8, 4) is 5.75 Å². The van der Waals surface area contributed by atoms with E-state index in [2.05, 4.69) is 86.6 Å². The van der Waals surface area contributed by atoms with E-state index in [9.17, 15) is 0 Å². The highest BCUT2D eigenvalue weighted by Gasteiger charge is 2.09. The van der Waals surface area contributed by atoms with Crippen LogP contribution in [-0.2, 0) is 0 Å². The third-order valence-electron chi connectivity index (χ3n) is 4.52. The average Bonchev–Trinajstić information content (AvgIpc) is 2.63. The van der Waals surface area contributed by atoms with Gasteiger partial charge in [0.2, 0.25) is 0 Å². The predicted molar refractivity (Wildman–Crippen MR) is 120 cm³/mol. The summed E-state index contributed by atoms with van der Waals surface area (Å²) in [5, 5.41) is 7.12. The van der Waals surface area contributed by atoms with Gasteiger partial charge in [0, 0.05) is 24.5 Å². The van der Waals surface area contributed by atoms with Gasteiger partial charge in [-0.05, 0) is 82.2 Å². The van der Waals surface area contributed by atoms with Crippen molar-refractivity contribution < 1.29 is 4.74 Å². The Bertz CT molecular complexity index is 721. The summed E-state index contributed by atoms with van der Waals surface area (Å²) in [6.45, 7) is 13.1. The molecule has 0 fully saturated rings. The van der Waals surface area contributed by atoms with E-state index in [0.717, 1.165) is 35.7 Å². The summed E-state index contributed by atoms with van der Waals surface area (Å²) in [4.78, 5) is 2.31. The first-order valence-electron chi connectivity index (χ1n) is 9.56. The Hall–Kier alpha value is -2.27. The molecule has 0 aliphatic rings. The van der Waals surface area contributed by atoms with Gasteiger partial charge in [0.25, 0.3) is 0 Å². The van der Waals surface area contributed by atoms with Gasteiger partial charge < -0.3 is 20.3 Å². The molecule has 0 amide bonds. The van der Waals surface area contributed by atoms with Crippen LogP contribution in [0.15, 0.2) is 42.5 Å². The minimum absolute atomic E-state index is 0.0963. The Morgan fingerprint density at radius 1 is 1.04 bits per heavy atom. The number of nitrogens with one attached hydrogen (secondary N) is 2. The van der Waals surface area contributed by atoms with Crippen molar-refractivity contribution in [2.45, 2.75) is 40.7 Å². The van der Waals surface area contributed by atoms with E-state index in [1.54, 1.807) is 0 Å². The maximum absolute atomic E-state index is 5.99. The molecule has 2 N–H and O–H groups in total. The van der Waals surface area contributed by atoms with Crippen molar-refractivity contribution in [3.05, 3.63) is 53.6 Å². The number of aryl methyl sites for hydroxylation is 2. The number of rotatable bonds is 8. The van der Waals surface area contributed by atoms with Gasteiger partial charge in [0.1, 0.15) is 12.4 Å². The quantitative estimate of drug-likeness (QED) is 0.632. The maximum Gasteiger partial charge on any atom is 0.171 e. The normalized spacial score (nSPS) is 11.6. The Morgan fingerprint density at radius 2 is 1.63 bits per heavy atom. The van der Waals surface area contributed by atoms with Crippen LogP contribution in [0.3, 0.4) is 0 Å². The molecule has 1 atom stereocenters. The van der Waals surface area contributed by atoms with Crippen LogP contribution in [0.4, 0.5) is 11.4 Å². The van der Waals surface area contributed by atoms with E-state index in [-0.39, 0.29) is 6.04 Å². The fourth-order valence-corrected chi connectivity index (χ4v) is 3.33. The highest BCUT2D eigenvalue weighted by atomic mass is 32.1. The van der Waals surface area contributed by atoms with Crippen LogP contribution < -0.4 is 20.3 Å². The van der Waals surface area contributed by atoms with E-state index < -0.39 is 0 Å². The molecule has 0 spiro atoms. The van der Waals surface area contributed by atoms with Crippen molar-refractivity contribution >= 4 is 28.7 Å². The summed E-state index contributed by atoms with van der Waals surface area (Å²) in [6, 6.07) is 14.6. The minimum atomic E-state index is 0.0963. The predicted octanol–water partition coefficient (Wildman–Crippen LogP) is 4.90. The fourth-order valence-electron chi connectivity index (χ4n) is 3.01. The monoisotopic (exact) mass is 385 g/mol. The fraction of sp³-hybridized carbons (Fsp3) is 0.409. The minimum Gasteiger partial charge on any atom is -0.491 e. The zero-order chi connectivity index (χ0) is 19.8. The molecular weight excluding hydrogens is 354 g/mol. The molecule has 5 heteroatoms. The lowest BCUT2D eigenvalue weighted by Crippen LogP contribution is -2.39. The zero-order valence-electron chi connectivity index (χ0n) is 17.0. The molecule has 0 aliphatic carbocycles. The number of anilines is 2. The second kappa shape index (κ2) is 10.2. The van der Waals surface area contributed by atoms with E-state index in [4.69, 9.17) is 17.0 Å². The molecule has 2 aromatic carbocycles. The third-order valence-corrected chi connectivity index (χ3v) is 4.74. The summed E-state index contributed by atoms with van der Waals surface area (Å²) < 4.78 is 5.99. The van der Waals surface area contributed by atoms with E-state index >= 15 is 0 Å². The van der Waals surface area contributed by atoms with E-state index in [1.165, 1.54) is 5.69 Å². The zero-order valence-corrected chi connectivity index (χ0v) is 17.8. The second-order valence-corrected chi connectivity index (χ2v) is 7.16. The Labute approximate surface area is 168 Å². The van der Waals surface area contributed by atoms with Crippen molar-refractivity contribution in [2.24, 2.45) is 0 Å². The first kappa shape index (κ1) is 21.0. The summed E-state index contributed by atoms with van der Waals surface area (Å²) in [5.41, 5.74) is 4.50. The summed E-state index contributed by atoms with van der Waals surface area (Å²) in [7, 11) is 0. The molecule has 0 saturated carbocycles. The first-order valence-corrected chi connectivity index (χ1v) is 9.97. The Kier molecular flexibility index (Phi) is 7.92. The van der Waals surface area contributed by atoms with Gasteiger partial charge in [-0.3, -0.25) is 0 Å². The Morgan fingerprint density at radius 3 is 2.19 bits per heavy atom. The molecular formula is C22H31N3OS. The van der Waals surface area contributed by atoms with Crippen LogP contribution in [0, 0.1) is 13.8 Å². The molecule has 2 aromatic rings. The smallest absolute Gasteiger partial charge is 0.171 e. The third kappa shape index (κ3) is 6.14. The molecule has 146 valence electrons. The SMILES string of the molecule is CCN(CC)c1ccc(NC(=S)NC(C)COc2c(C)cccc2C)cc1. The van der Waals surface area contributed by atoms with Crippen LogP contribution in [0.25, 0.3) is 0 Å². The van der Waals surface area contributed by atoms with Gasteiger partial charge in [-0.2, -0.15) is 0 Å². The molecule has 0 aromatic heterocycles. The maximum atomic E-state index is 5.99. The summed E-state index contributed by atoms with van der Waals surface area (Å²) in [6.07, 6.45) is 0. The second-order valence-electron chi connectivity index (χ2n) is 6.75. The largest absolute Gasteiger partial charge is 0.491 e. The molecule has 1 unspecified atom stereocenters. The van der Waals surface area contributed by atoms with Gasteiger partial charge in [0.05, 0.1) is 6.04 Å². The van der Waals surface area contributed by atoms with Crippen LogP contribution >= 0.6 is 12.2 Å². The van der Waals surface area contributed by atoms with Crippen LogP contribution in [0.1, 0.15) is 31.9 Å². The van der Waals surface area contributed by atoms with Crippen LogP contribution in [-0.4, -0.2) is 30.9 Å². The molecule has 2 rings (SSSR count).